The number of amides is 1. The number of hydrogen-bond donors (Lipinski definition) is 0. The molecule has 6 rings (SSSR count). The van der Waals surface area contributed by atoms with Crippen LogP contribution in [0.2, 0.25) is 0 Å². The van der Waals surface area contributed by atoms with Gasteiger partial charge in [-0.3, -0.25) is 9.59 Å². The summed E-state index contributed by atoms with van der Waals surface area (Å²) in [5.74, 6) is 1.03. The molecule has 2 heterocycles. The van der Waals surface area contributed by atoms with Gasteiger partial charge in [0.1, 0.15) is 18.1 Å². The van der Waals surface area contributed by atoms with E-state index in [1.54, 1.807) is 23.8 Å². The Morgan fingerprint density at radius 3 is 2.24 bits per heavy atom. The molecule has 50 heavy (non-hydrogen) atoms. The van der Waals surface area contributed by atoms with Crippen LogP contribution in [0, 0.1) is 0 Å². The molecule has 0 fully saturated rings. The van der Waals surface area contributed by atoms with Crippen LogP contribution >= 0.6 is 11.8 Å². The molecule has 2 aliphatic heterocycles. The fourth-order valence-corrected chi connectivity index (χ4v) is 7.27. The SMILES string of the molecule is CN(C)CCC=C1c2ccccc2COc2ccccc21.COc1ccc([C@@H]2Sc3ccccc3N(CCN(C)C)C(=O)[C@@H]2OC(C)=O)cc1. The number of methoxy groups -OCH3 is 1. The Morgan fingerprint density at radius 1 is 0.880 bits per heavy atom. The van der Waals surface area contributed by atoms with Gasteiger partial charge in [0.25, 0.3) is 5.91 Å². The van der Waals surface area contributed by atoms with Gasteiger partial charge >= 0.3 is 5.97 Å². The van der Waals surface area contributed by atoms with Crippen molar-refractivity contribution >= 4 is 34.9 Å². The van der Waals surface area contributed by atoms with E-state index in [0.29, 0.717) is 19.7 Å². The van der Waals surface area contributed by atoms with Crippen LogP contribution < -0.4 is 14.4 Å². The summed E-state index contributed by atoms with van der Waals surface area (Å²) in [6, 6.07) is 32.2. The first kappa shape index (κ1) is 36.7. The minimum absolute atomic E-state index is 0.208. The highest BCUT2D eigenvalue weighted by Gasteiger charge is 2.40. The van der Waals surface area contributed by atoms with Gasteiger partial charge in [0.2, 0.25) is 0 Å². The van der Waals surface area contributed by atoms with Gasteiger partial charge in [-0.1, -0.05) is 72.8 Å². The number of anilines is 1. The number of nitrogens with zero attached hydrogens (tertiary/aromatic N) is 3. The van der Waals surface area contributed by atoms with E-state index in [1.807, 2.05) is 73.6 Å². The van der Waals surface area contributed by atoms with E-state index in [1.165, 1.54) is 29.2 Å². The lowest BCUT2D eigenvalue weighted by Crippen LogP contribution is -2.45. The van der Waals surface area contributed by atoms with E-state index >= 15 is 0 Å². The molecule has 0 aliphatic carbocycles. The number of carbonyl (C=O) groups excluding carboxylic acids is 2. The van der Waals surface area contributed by atoms with Crippen LogP contribution in [0.4, 0.5) is 5.69 Å². The van der Waals surface area contributed by atoms with Crippen molar-refractivity contribution in [2.45, 2.75) is 36.2 Å². The summed E-state index contributed by atoms with van der Waals surface area (Å²) in [6.45, 7) is 4.24. The number of thioether (sulfide) groups is 1. The highest BCUT2D eigenvalue weighted by molar-refractivity contribution is 7.99. The second-order valence-corrected chi connectivity index (χ2v) is 13.9. The molecule has 0 bridgehead atoms. The van der Waals surface area contributed by atoms with E-state index in [4.69, 9.17) is 14.2 Å². The van der Waals surface area contributed by atoms with E-state index in [0.717, 1.165) is 40.6 Å². The van der Waals surface area contributed by atoms with Crippen LogP contribution in [0.1, 0.15) is 40.8 Å². The predicted octanol–water partition coefficient (Wildman–Crippen LogP) is 7.33. The van der Waals surface area contributed by atoms with Crippen molar-refractivity contribution in [2.24, 2.45) is 0 Å². The van der Waals surface area contributed by atoms with E-state index in [9.17, 15) is 9.59 Å². The third-order valence-corrected chi connectivity index (χ3v) is 9.87. The molecule has 8 nitrogen and oxygen atoms in total. The number of likely N-dealkylation sites (N-methyl/N-ethyl adjacent to an activating group) is 1. The number of rotatable bonds is 9. The molecule has 2 aliphatic rings. The molecule has 0 N–H and O–H groups in total. The number of ether oxygens (including phenoxy) is 3. The number of carbonyl (C=O) groups is 2. The van der Waals surface area contributed by atoms with Crippen LogP contribution in [-0.2, 0) is 20.9 Å². The third-order valence-electron chi connectivity index (χ3n) is 8.50. The van der Waals surface area contributed by atoms with Crippen LogP contribution in [0.3, 0.4) is 0 Å². The largest absolute Gasteiger partial charge is 0.497 e. The minimum atomic E-state index is -0.916. The van der Waals surface area contributed by atoms with Crippen molar-refractivity contribution < 1.29 is 23.8 Å². The zero-order valence-electron chi connectivity index (χ0n) is 29.8. The maximum atomic E-state index is 13.6. The molecule has 0 radical (unpaired) electrons. The number of esters is 1. The number of hydrogen-bond acceptors (Lipinski definition) is 8. The molecule has 4 aromatic rings. The van der Waals surface area contributed by atoms with Crippen LogP contribution in [0.5, 0.6) is 11.5 Å². The Labute approximate surface area is 300 Å². The number of para-hydroxylation sites is 2. The monoisotopic (exact) mass is 693 g/mol. The zero-order chi connectivity index (χ0) is 35.6. The molecule has 0 saturated heterocycles. The van der Waals surface area contributed by atoms with Crippen molar-refractivity contribution in [1.29, 1.82) is 0 Å². The Kier molecular flexibility index (Phi) is 12.8. The lowest BCUT2D eigenvalue weighted by atomic mass is 9.93. The molecule has 0 spiro atoms. The van der Waals surface area contributed by atoms with E-state index in [2.05, 4.69) is 67.5 Å². The van der Waals surface area contributed by atoms with Crippen molar-refractivity contribution in [3.8, 4) is 11.5 Å². The highest BCUT2D eigenvalue weighted by Crippen LogP contribution is 2.47. The Hall–Kier alpha value is -4.57. The maximum absolute atomic E-state index is 13.6. The standard InChI is InChI=1S/C22H26N2O4S.C19H21NO/c1-15(25)28-20-21(16-9-11-17(27-4)12-10-16)29-19-8-6-5-7-18(19)24(22(20)26)14-13-23(2)3;1-20(2)13-7-11-17-16-9-4-3-8-15(16)14-21-19-12-6-5-10-18(17)19/h5-12,20-21H,13-14H2,1-4H3;3-6,8-12H,7,13-14H2,1-2H3/t20-,21+;/m1./s1. The highest BCUT2D eigenvalue weighted by atomic mass is 32.2. The summed E-state index contributed by atoms with van der Waals surface area (Å²) < 4.78 is 16.8. The molecule has 0 aromatic heterocycles. The molecule has 0 unspecified atom stereocenters. The molecule has 0 saturated carbocycles. The van der Waals surface area contributed by atoms with Gasteiger partial charge in [0.05, 0.1) is 18.0 Å². The van der Waals surface area contributed by atoms with Gasteiger partial charge in [-0.15, -0.1) is 11.8 Å². The summed E-state index contributed by atoms with van der Waals surface area (Å²) in [4.78, 5) is 32.4. The summed E-state index contributed by atoms with van der Waals surface area (Å²) in [7, 11) is 9.76. The minimum Gasteiger partial charge on any atom is -0.497 e. The Bertz CT molecular complexity index is 1740. The number of fused-ring (bicyclic) bond motifs is 3. The lowest BCUT2D eigenvalue weighted by molar-refractivity contribution is -0.152. The van der Waals surface area contributed by atoms with Gasteiger partial charge in [-0.05, 0) is 87.2 Å². The molecule has 262 valence electrons. The van der Waals surface area contributed by atoms with Gasteiger partial charge in [0, 0.05) is 37.0 Å². The second-order valence-electron chi connectivity index (χ2n) is 12.8. The average molecular weight is 694 g/mol. The smallest absolute Gasteiger partial charge is 0.303 e. The van der Waals surface area contributed by atoms with Crippen LogP contribution in [-0.4, -0.2) is 82.7 Å². The van der Waals surface area contributed by atoms with E-state index < -0.39 is 12.1 Å². The summed E-state index contributed by atoms with van der Waals surface area (Å²) in [6.07, 6.45) is 2.46. The maximum Gasteiger partial charge on any atom is 0.303 e. The van der Waals surface area contributed by atoms with Gasteiger partial charge < -0.3 is 28.9 Å². The molecule has 9 heteroatoms. The summed E-state index contributed by atoms with van der Waals surface area (Å²) in [5, 5.41) is -0.359. The van der Waals surface area contributed by atoms with Crippen molar-refractivity contribution in [2.75, 3.05) is 59.8 Å². The first-order valence-corrected chi connectivity index (χ1v) is 17.7. The normalized spacial score (nSPS) is 17.4. The van der Waals surface area contributed by atoms with Crippen molar-refractivity contribution in [3.63, 3.8) is 0 Å². The topological polar surface area (TPSA) is 71.6 Å². The molecular weight excluding hydrogens is 647 g/mol. The second kappa shape index (κ2) is 17.4. The number of benzene rings is 4. The van der Waals surface area contributed by atoms with Crippen molar-refractivity contribution in [1.82, 2.24) is 9.80 Å². The quantitative estimate of drug-likeness (QED) is 0.169. The fraction of sp³-hybridized carbons (Fsp3) is 0.317. The first-order valence-electron chi connectivity index (χ1n) is 16.8. The lowest BCUT2D eigenvalue weighted by Gasteiger charge is -2.28. The van der Waals surface area contributed by atoms with Gasteiger partial charge in [-0.25, -0.2) is 0 Å². The summed E-state index contributed by atoms with van der Waals surface area (Å²) in [5.41, 5.74) is 6.78. The van der Waals surface area contributed by atoms with Gasteiger partial charge in [-0.2, -0.15) is 0 Å². The summed E-state index contributed by atoms with van der Waals surface area (Å²) >= 11 is 1.54. The molecule has 4 aromatic carbocycles. The average Bonchev–Trinajstić information content (AvgIpc) is 3.34. The zero-order valence-corrected chi connectivity index (χ0v) is 30.6. The predicted molar refractivity (Wildman–Crippen MR) is 202 cm³/mol. The third kappa shape index (κ3) is 9.15. The molecule has 2 atom stereocenters. The molecular formula is C41H47N3O5S. The Balaban J connectivity index is 0.000000204. The van der Waals surface area contributed by atoms with Crippen LogP contribution in [0.15, 0.2) is 108 Å². The first-order chi connectivity index (χ1) is 24.2. The van der Waals surface area contributed by atoms with Gasteiger partial charge in [0.15, 0.2) is 6.10 Å². The Morgan fingerprint density at radius 2 is 1.54 bits per heavy atom. The fourth-order valence-electron chi connectivity index (χ4n) is 5.95. The van der Waals surface area contributed by atoms with E-state index in [-0.39, 0.29) is 11.2 Å². The van der Waals surface area contributed by atoms with Crippen LogP contribution in [0.25, 0.3) is 5.57 Å². The molecule has 1 amide bonds. The van der Waals surface area contributed by atoms with Crippen molar-refractivity contribution in [3.05, 3.63) is 125 Å².